The van der Waals surface area contributed by atoms with Crippen LogP contribution in [0.15, 0.2) is 65.8 Å². The molecule has 0 saturated heterocycles. The van der Waals surface area contributed by atoms with Crippen molar-refractivity contribution in [3.8, 4) is 23.3 Å². The Hall–Kier alpha value is -4.31. The summed E-state index contributed by atoms with van der Waals surface area (Å²) in [5, 5.41) is 12.9. The first kappa shape index (κ1) is 23.4. The van der Waals surface area contributed by atoms with Gasteiger partial charge in [0.25, 0.3) is 5.91 Å². The molecule has 0 heterocycles. The zero-order valence-electron chi connectivity index (χ0n) is 18.8. The fourth-order valence-corrected chi connectivity index (χ4v) is 3.15. The fourth-order valence-electron chi connectivity index (χ4n) is 3.15. The maximum atomic E-state index is 12.0. The van der Waals surface area contributed by atoms with Crippen LogP contribution < -0.4 is 19.6 Å². The van der Waals surface area contributed by atoms with E-state index >= 15 is 0 Å². The average molecular weight is 444 g/mol. The van der Waals surface area contributed by atoms with Crippen LogP contribution in [0.1, 0.15) is 27.8 Å². The van der Waals surface area contributed by atoms with Crippen molar-refractivity contribution in [3.05, 3.63) is 88.5 Å². The van der Waals surface area contributed by atoms with Crippen molar-refractivity contribution >= 4 is 12.1 Å². The van der Waals surface area contributed by atoms with E-state index in [0.29, 0.717) is 22.8 Å². The molecule has 0 unspecified atom stereocenters. The van der Waals surface area contributed by atoms with E-state index in [1.807, 2.05) is 50.2 Å². The van der Waals surface area contributed by atoms with Gasteiger partial charge >= 0.3 is 0 Å². The molecule has 0 spiro atoms. The highest BCUT2D eigenvalue weighted by atomic mass is 16.5. The Balaban J connectivity index is 1.56. The molecule has 0 saturated carbocycles. The molecular formula is C26H25N3O4. The van der Waals surface area contributed by atoms with Crippen molar-refractivity contribution in [3.63, 3.8) is 0 Å². The predicted molar refractivity (Wildman–Crippen MR) is 126 cm³/mol. The molecule has 3 aromatic carbocycles. The number of benzene rings is 3. The van der Waals surface area contributed by atoms with Gasteiger partial charge in [-0.3, -0.25) is 4.79 Å². The third-order valence-corrected chi connectivity index (χ3v) is 4.65. The predicted octanol–water partition coefficient (Wildman–Crippen LogP) is 4.29. The van der Waals surface area contributed by atoms with E-state index in [4.69, 9.17) is 19.5 Å². The first-order valence-electron chi connectivity index (χ1n) is 10.3. The molecule has 0 aliphatic carbocycles. The molecule has 1 N–H and O–H groups in total. The number of ether oxygens (including phenoxy) is 3. The Morgan fingerprint density at radius 1 is 1.00 bits per heavy atom. The molecule has 168 valence electrons. The van der Waals surface area contributed by atoms with E-state index in [1.54, 1.807) is 37.6 Å². The molecule has 0 aliphatic heterocycles. The summed E-state index contributed by atoms with van der Waals surface area (Å²) in [5.74, 6) is 1.61. The van der Waals surface area contributed by atoms with E-state index in [9.17, 15) is 4.79 Å². The summed E-state index contributed by atoms with van der Waals surface area (Å²) in [5.41, 5.74) is 6.76. The standard InChI is InChI=1S/C26H25N3O4/c1-18-10-19(2)12-24(11-18)33-17-26(30)29-28-15-21-6-9-25(31-3)22(13-21)16-32-23-7-4-20(14-27)5-8-23/h4-13,15H,16-17H2,1-3H3,(H,29,30). The Bertz CT molecular complexity index is 1160. The second-order valence-corrected chi connectivity index (χ2v) is 7.40. The molecular weight excluding hydrogens is 418 g/mol. The summed E-state index contributed by atoms with van der Waals surface area (Å²) >= 11 is 0. The van der Waals surface area contributed by atoms with Crippen molar-refractivity contribution in [1.29, 1.82) is 5.26 Å². The van der Waals surface area contributed by atoms with Crippen LogP contribution in [-0.4, -0.2) is 25.8 Å². The minimum atomic E-state index is -0.358. The van der Waals surface area contributed by atoms with E-state index in [1.165, 1.54) is 0 Å². The molecule has 3 aromatic rings. The molecule has 7 heteroatoms. The summed E-state index contributed by atoms with van der Waals surface area (Å²) in [4.78, 5) is 12.0. The van der Waals surface area contributed by atoms with Gasteiger partial charge in [-0.2, -0.15) is 10.4 Å². The first-order valence-corrected chi connectivity index (χ1v) is 10.3. The summed E-state index contributed by atoms with van der Waals surface area (Å²) in [7, 11) is 1.59. The van der Waals surface area contributed by atoms with Crippen LogP contribution in [0.3, 0.4) is 0 Å². The van der Waals surface area contributed by atoms with Gasteiger partial charge in [-0.1, -0.05) is 6.07 Å². The monoisotopic (exact) mass is 443 g/mol. The lowest BCUT2D eigenvalue weighted by atomic mass is 10.1. The number of carbonyl (C=O) groups excluding carboxylic acids is 1. The number of hydrogen-bond donors (Lipinski definition) is 1. The van der Waals surface area contributed by atoms with Crippen LogP contribution in [-0.2, 0) is 11.4 Å². The van der Waals surface area contributed by atoms with Gasteiger partial charge in [0.2, 0.25) is 0 Å². The van der Waals surface area contributed by atoms with Gasteiger partial charge in [0.15, 0.2) is 6.61 Å². The summed E-state index contributed by atoms with van der Waals surface area (Å²) < 4.78 is 16.7. The minimum Gasteiger partial charge on any atom is -0.496 e. The smallest absolute Gasteiger partial charge is 0.277 e. The second kappa shape index (κ2) is 11.3. The number of carbonyl (C=O) groups is 1. The van der Waals surface area contributed by atoms with Crippen LogP contribution in [0.2, 0.25) is 0 Å². The summed E-state index contributed by atoms with van der Waals surface area (Å²) in [6.07, 6.45) is 1.54. The zero-order chi connectivity index (χ0) is 23.6. The van der Waals surface area contributed by atoms with Gasteiger partial charge in [0.05, 0.1) is 25.0 Å². The number of aryl methyl sites for hydroxylation is 2. The molecule has 1 amide bonds. The Labute approximate surface area is 193 Å². The maximum absolute atomic E-state index is 12.0. The van der Waals surface area contributed by atoms with Crippen molar-refractivity contribution in [1.82, 2.24) is 5.43 Å². The highest BCUT2D eigenvalue weighted by Gasteiger charge is 2.06. The van der Waals surface area contributed by atoms with Crippen LogP contribution in [0, 0.1) is 25.2 Å². The highest BCUT2D eigenvalue weighted by molar-refractivity contribution is 5.83. The third kappa shape index (κ3) is 7.11. The summed E-state index contributed by atoms with van der Waals surface area (Å²) in [6.45, 7) is 4.09. The molecule has 0 atom stereocenters. The fraction of sp³-hybridized carbons (Fsp3) is 0.192. The number of hydrogen-bond acceptors (Lipinski definition) is 6. The number of nitrogens with zero attached hydrogens (tertiary/aromatic N) is 2. The lowest BCUT2D eigenvalue weighted by molar-refractivity contribution is -0.123. The number of rotatable bonds is 9. The van der Waals surface area contributed by atoms with Crippen LogP contribution in [0.25, 0.3) is 0 Å². The Morgan fingerprint density at radius 2 is 1.73 bits per heavy atom. The number of hydrazone groups is 1. The topological polar surface area (TPSA) is 92.9 Å². The number of amides is 1. The zero-order valence-corrected chi connectivity index (χ0v) is 18.8. The molecule has 0 fully saturated rings. The Morgan fingerprint density at radius 3 is 2.39 bits per heavy atom. The van der Waals surface area contributed by atoms with Crippen LogP contribution >= 0.6 is 0 Å². The first-order chi connectivity index (χ1) is 16.0. The largest absolute Gasteiger partial charge is 0.496 e. The molecule has 3 rings (SSSR count). The molecule has 0 radical (unpaired) electrons. The number of nitriles is 1. The molecule has 0 aromatic heterocycles. The average Bonchev–Trinajstić information content (AvgIpc) is 2.81. The summed E-state index contributed by atoms with van der Waals surface area (Å²) in [6, 6.07) is 20.2. The quantitative estimate of drug-likeness (QED) is 0.393. The number of nitrogens with one attached hydrogen (secondary N) is 1. The van der Waals surface area contributed by atoms with E-state index in [2.05, 4.69) is 16.6 Å². The highest BCUT2D eigenvalue weighted by Crippen LogP contribution is 2.22. The van der Waals surface area contributed by atoms with Gasteiger partial charge in [-0.05, 0) is 85.1 Å². The van der Waals surface area contributed by atoms with Gasteiger partial charge in [0, 0.05) is 5.56 Å². The maximum Gasteiger partial charge on any atom is 0.277 e. The van der Waals surface area contributed by atoms with Gasteiger partial charge in [0.1, 0.15) is 23.9 Å². The van der Waals surface area contributed by atoms with E-state index in [-0.39, 0.29) is 19.1 Å². The van der Waals surface area contributed by atoms with Crippen molar-refractivity contribution in [2.45, 2.75) is 20.5 Å². The van der Waals surface area contributed by atoms with Crippen molar-refractivity contribution in [2.75, 3.05) is 13.7 Å². The van der Waals surface area contributed by atoms with Crippen LogP contribution in [0.4, 0.5) is 0 Å². The van der Waals surface area contributed by atoms with Gasteiger partial charge < -0.3 is 14.2 Å². The van der Waals surface area contributed by atoms with Crippen molar-refractivity contribution in [2.24, 2.45) is 5.10 Å². The van der Waals surface area contributed by atoms with Crippen LogP contribution in [0.5, 0.6) is 17.2 Å². The molecule has 7 nitrogen and oxygen atoms in total. The molecule has 0 bridgehead atoms. The third-order valence-electron chi connectivity index (χ3n) is 4.65. The lowest BCUT2D eigenvalue weighted by Crippen LogP contribution is -2.24. The normalized spacial score (nSPS) is 10.5. The number of methoxy groups -OCH3 is 1. The molecule has 33 heavy (non-hydrogen) atoms. The Kier molecular flexibility index (Phi) is 8.03. The van der Waals surface area contributed by atoms with Crippen molar-refractivity contribution < 1.29 is 19.0 Å². The molecule has 0 aliphatic rings. The van der Waals surface area contributed by atoms with Gasteiger partial charge in [-0.25, -0.2) is 5.43 Å². The lowest BCUT2D eigenvalue weighted by Gasteiger charge is -2.11. The van der Waals surface area contributed by atoms with Gasteiger partial charge in [-0.15, -0.1) is 0 Å². The van der Waals surface area contributed by atoms with E-state index in [0.717, 1.165) is 22.3 Å². The SMILES string of the molecule is COc1ccc(C=NNC(=O)COc2cc(C)cc(C)c2)cc1COc1ccc(C#N)cc1. The second-order valence-electron chi connectivity index (χ2n) is 7.40. The van der Waals surface area contributed by atoms with E-state index < -0.39 is 0 Å². The minimum absolute atomic E-state index is 0.132.